The van der Waals surface area contributed by atoms with Crippen LogP contribution in [-0.4, -0.2) is 25.4 Å². The van der Waals surface area contributed by atoms with E-state index in [2.05, 4.69) is 10.0 Å². The van der Waals surface area contributed by atoms with Gasteiger partial charge in [0.15, 0.2) is 0 Å². The molecule has 0 aromatic heterocycles. The Morgan fingerprint density at radius 3 is 2.40 bits per heavy atom. The third-order valence-electron chi connectivity index (χ3n) is 2.98. The lowest BCUT2D eigenvalue weighted by Gasteiger charge is -2.12. The summed E-state index contributed by atoms with van der Waals surface area (Å²) in [6, 6.07) is 7.07. The van der Waals surface area contributed by atoms with Crippen LogP contribution in [0.4, 0.5) is 15.8 Å². The van der Waals surface area contributed by atoms with Gasteiger partial charge in [-0.1, -0.05) is 17.7 Å². The van der Waals surface area contributed by atoms with Crippen molar-refractivity contribution < 1.29 is 27.5 Å². The van der Waals surface area contributed by atoms with Gasteiger partial charge >= 0.3 is 5.97 Å². The Bertz CT molecular complexity index is 962. The Labute approximate surface area is 147 Å². The van der Waals surface area contributed by atoms with Crippen molar-refractivity contribution in [2.24, 2.45) is 0 Å². The molecule has 0 saturated heterocycles. The summed E-state index contributed by atoms with van der Waals surface area (Å²) in [6.07, 6.45) is 0. The molecule has 0 fully saturated rings. The number of halogens is 2. The molecule has 1 amide bonds. The number of carbonyl (C=O) groups is 2. The van der Waals surface area contributed by atoms with Crippen LogP contribution in [0.25, 0.3) is 0 Å². The highest BCUT2D eigenvalue weighted by molar-refractivity contribution is 7.92. The van der Waals surface area contributed by atoms with Crippen molar-refractivity contribution in [2.45, 2.75) is 11.8 Å². The van der Waals surface area contributed by atoms with Crippen LogP contribution in [0, 0.1) is 5.82 Å². The Morgan fingerprint density at radius 1 is 1.16 bits per heavy atom. The molecule has 2 rings (SSSR count). The van der Waals surface area contributed by atoms with Crippen molar-refractivity contribution in [3.05, 3.63) is 52.8 Å². The van der Waals surface area contributed by atoms with Gasteiger partial charge in [-0.25, -0.2) is 17.6 Å². The molecule has 10 heteroatoms. The number of amides is 1. The van der Waals surface area contributed by atoms with Crippen LogP contribution >= 0.6 is 11.6 Å². The molecule has 0 unspecified atom stereocenters. The monoisotopic (exact) mass is 386 g/mol. The molecule has 0 aliphatic heterocycles. The second kappa shape index (κ2) is 7.08. The minimum Gasteiger partial charge on any atom is -0.478 e. The standard InChI is InChI=1S/C15H12ClFN2O5S/c1-8(20)18-9-3-2-4-10(5-9)19-25(23,24)14-6-11(15(21)22)13(17)7-12(14)16/h2-7,19H,1H3,(H,18,20)(H,21,22). The quantitative estimate of drug-likeness (QED) is 0.731. The topological polar surface area (TPSA) is 113 Å². The molecule has 3 N–H and O–H groups in total. The van der Waals surface area contributed by atoms with E-state index in [-0.39, 0.29) is 11.6 Å². The number of rotatable bonds is 5. The molecule has 0 aliphatic carbocycles. The van der Waals surface area contributed by atoms with Gasteiger partial charge in [-0.05, 0) is 30.3 Å². The first-order valence-corrected chi connectivity index (χ1v) is 8.59. The number of carboxylic acid groups (broad SMARTS) is 1. The molecule has 25 heavy (non-hydrogen) atoms. The first kappa shape index (κ1) is 18.7. The molecule has 2 aromatic rings. The van der Waals surface area contributed by atoms with E-state index in [1.165, 1.54) is 25.1 Å². The molecule has 2 aromatic carbocycles. The van der Waals surface area contributed by atoms with E-state index >= 15 is 0 Å². The average molecular weight is 387 g/mol. The van der Waals surface area contributed by atoms with Gasteiger partial charge in [-0.3, -0.25) is 9.52 Å². The Morgan fingerprint density at radius 2 is 1.80 bits per heavy atom. The van der Waals surface area contributed by atoms with Gasteiger partial charge in [0.1, 0.15) is 10.7 Å². The van der Waals surface area contributed by atoms with Crippen molar-refractivity contribution in [3.8, 4) is 0 Å². The van der Waals surface area contributed by atoms with E-state index < -0.39 is 37.3 Å². The van der Waals surface area contributed by atoms with Crippen LogP contribution in [0.3, 0.4) is 0 Å². The second-order valence-corrected chi connectivity index (χ2v) is 6.99. The predicted octanol–water partition coefficient (Wildman–Crippen LogP) is 2.94. The molecular weight excluding hydrogens is 375 g/mol. The third kappa shape index (κ3) is 4.46. The number of aromatic carboxylic acids is 1. The summed E-state index contributed by atoms with van der Waals surface area (Å²) in [5.41, 5.74) is -0.371. The third-order valence-corrected chi connectivity index (χ3v) is 4.82. The summed E-state index contributed by atoms with van der Waals surface area (Å²) in [5.74, 6) is -3.12. The number of hydrogen-bond acceptors (Lipinski definition) is 4. The number of nitrogens with one attached hydrogen (secondary N) is 2. The number of carboxylic acids is 1. The average Bonchev–Trinajstić information content (AvgIpc) is 2.45. The highest BCUT2D eigenvalue weighted by atomic mass is 35.5. The maximum absolute atomic E-state index is 13.5. The van der Waals surface area contributed by atoms with E-state index in [4.69, 9.17) is 16.7 Å². The Balaban J connectivity index is 2.42. The fraction of sp³-hybridized carbons (Fsp3) is 0.0667. The van der Waals surface area contributed by atoms with E-state index in [1.54, 1.807) is 6.07 Å². The second-order valence-electron chi connectivity index (χ2n) is 4.94. The predicted molar refractivity (Wildman–Crippen MR) is 89.9 cm³/mol. The van der Waals surface area contributed by atoms with Crippen LogP contribution in [0.5, 0.6) is 0 Å². The largest absolute Gasteiger partial charge is 0.478 e. The van der Waals surface area contributed by atoms with Gasteiger partial charge in [0.2, 0.25) is 5.91 Å². The summed E-state index contributed by atoms with van der Waals surface area (Å²) in [6.45, 7) is 1.29. The van der Waals surface area contributed by atoms with E-state index in [9.17, 15) is 22.4 Å². The first-order valence-electron chi connectivity index (χ1n) is 6.73. The molecule has 0 heterocycles. The van der Waals surface area contributed by atoms with Gasteiger partial charge in [0, 0.05) is 12.6 Å². The van der Waals surface area contributed by atoms with Gasteiger partial charge in [-0.15, -0.1) is 0 Å². The van der Waals surface area contributed by atoms with E-state index in [0.29, 0.717) is 17.8 Å². The number of benzene rings is 2. The molecule has 0 spiro atoms. The summed E-state index contributed by atoms with van der Waals surface area (Å²) in [7, 11) is -4.29. The molecule has 0 atom stereocenters. The summed E-state index contributed by atoms with van der Waals surface area (Å²) in [4.78, 5) is 21.4. The van der Waals surface area contributed by atoms with E-state index in [0.717, 1.165) is 0 Å². The Hall–Kier alpha value is -2.65. The fourth-order valence-corrected chi connectivity index (χ4v) is 3.56. The van der Waals surface area contributed by atoms with Gasteiger partial charge in [-0.2, -0.15) is 0 Å². The van der Waals surface area contributed by atoms with Crippen molar-refractivity contribution in [2.75, 3.05) is 10.0 Å². The highest BCUT2D eigenvalue weighted by Crippen LogP contribution is 2.27. The number of sulfonamides is 1. The van der Waals surface area contributed by atoms with Crippen molar-refractivity contribution in [1.82, 2.24) is 0 Å². The maximum atomic E-state index is 13.5. The lowest BCUT2D eigenvalue weighted by atomic mass is 10.2. The number of anilines is 2. The van der Waals surface area contributed by atoms with Gasteiger partial charge < -0.3 is 10.4 Å². The van der Waals surface area contributed by atoms with Crippen molar-refractivity contribution >= 4 is 44.9 Å². The molecule has 0 saturated carbocycles. The highest BCUT2D eigenvalue weighted by Gasteiger charge is 2.23. The van der Waals surface area contributed by atoms with E-state index in [1.807, 2.05) is 0 Å². The molecule has 0 aliphatic rings. The zero-order chi connectivity index (χ0) is 18.8. The normalized spacial score (nSPS) is 11.0. The van der Waals surface area contributed by atoms with Crippen LogP contribution in [0.1, 0.15) is 17.3 Å². The lowest BCUT2D eigenvalue weighted by molar-refractivity contribution is -0.114. The van der Waals surface area contributed by atoms with Crippen LogP contribution in [0.15, 0.2) is 41.3 Å². The summed E-state index contributed by atoms with van der Waals surface area (Å²) < 4.78 is 40.6. The molecule has 7 nitrogen and oxygen atoms in total. The molecular formula is C15H12ClFN2O5S. The smallest absolute Gasteiger partial charge is 0.338 e. The zero-order valence-electron chi connectivity index (χ0n) is 12.7. The first-order chi connectivity index (χ1) is 11.6. The maximum Gasteiger partial charge on any atom is 0.338 e. The minimum atomic E-state index is -4.29. The van der Waals surface area contributed by atoms with Crippen LogP contribution in [-0.2, 0) is 14.8 Å². The minimum absolute atomic E-state index is 0.100. The molecule has 0 radical (unpaired) electrons. The molecule has 132 valence electrons. The lowest BCUT2D eigenvalue weighted by Crippen LogP contribution is -2.15. The molecule has 0 bridgehead atoms. The fourth-order valence-electron chi connectivity index (χ4n) is 1.97. The SMILES string of the molecule is CC(=O)Nc1cccc(NS(=O)(=O)c2cc(C(=O)O)c(F)cc2Cl)c1. The van der Waals surface area contributed by atoms with Crippen molar-refractivity contribution in [1.29, 1.82) is 0 Å². The number of hydrogen-bond donors (Lipinski definition) is 3. The summed E-state index contributed by atoms with van der Waals surface area (Å²) >= 11 is 5.75. The van der Waals surface area contributed by atoms with Crippen molar-refractivity contribution in [3.63, 3.8) is 0 Å². The van der Waals surface area contributed by atoms with Gasteiger partial charge in [0.25, 0.3) is 10.0 Å². The number of carbonyl (C=O) groups excluding carboxylic acids is 1. The van der Waals surface area contributed by atoms with Gasteiger partial charge in [0.05, 0.1) is 16.3 Å². The Kier molecular flexibility index (Phi) is 5.29. The summed E-state index contributed by atoms with van der Waals surface area (Å²) in [5, 5.41) is 10.9. The zero-order valence-corrected chi connectivity index (χ0v) is 14.3. The van der Waals surface area contributed by atoms with Crippen LogP contribution in [0.2, 0.25) is 5.02 Å². The van der Waals surface area contributed by atoms with Crippen LogP contribution < -0.4 is 10.0 Å².